The summed E-state index contributed by atoms with van der Waals surface area (Å²) in [5, 5.41) is 19.0. The van der Waals surface area contributed by atoms with Crippen molar-refractivity contribution in [1.82, 2.24) is 19.7 Å². The molecular weight excluding hydrogens is 296 g/mol. The standard InChI is InChI=1S/C12H15ClN6O2/c1-5-14-12-15-7(3)10(19(20)21)11(16-12)18-8(4)9(13)6(2)17-18/h5H2,1-4H3,(H,14,15,16). The van der Waals surface area contributed by atoms with Gasteiger partial charge in [0.25, 0.3) is 0 Å². The molecule has 0 saturated heterocycles. The molecule has 0 fully saturated rings. The minimum atomic E-state index is -0.509. The van der Waals surface area contributed by atoms with Gasteiger partial charge in [-0.15, -0.1) is 0 Å². The Kier molecular flexibility index (Phi) is 4.08. The van der Waals surface area contributed by atoms with E-state index in [4.69, 9.17) is 11.6 Å². The van der Waals surface area contributed by atoms with Gasteiger partial charge in [-0.3, -0.25) is 10.1 Å². The highest BCUT2D eigenvalue weighted by molar-refractivity contribution is 6.31. The summed E-state index contributed by atoms with van der Waals surface area (Å²) in [6.07, 6.45) is 0. The van der Waals surface area contributed by atoms with E-state index >= 15 is 0 Å². The van der Waals surface area contributed by atoms with E-state index in [-0.39, 0.29) is 17.2 Å². The molecule has 2 aromatic heterocycles. The number of rotatable bonds is 4. The Labute approximate surface area is 126 Å². The molecule has 2 rings (SSSR count). The topological polar surface area (TPSA) is 98.8 Å². The smallest absolute Gasteiger partial charge is 0.334 e. The quantitative estimate of drug-likeness (QED) is 0.688. The molecule has 0 aromatic carbocycles. The van der Waals surface area contributed by atoms with Crippen LogP contribution in [0, 0.1) is 30.9 Å². The minimum absolute atomic E-state index is 0.107. The molecule has 8 nitrogen and oxygen atoms in total. The zero-order valence-corrected chi connectivity index (χ0v) is 12.9. The fourth-order valence-corrected chi connectivity index (χ4v) is 2.10. The zero-order valence-electron chi connectivity index (χ0n) is 12.1. The van der Waals surface area contributed by atoms with Crippen LogP contribution in [0.5, 0.6) is 0 Å². The molecule has 0 saturated carbocycles. The number of anilines is 1. The summed E-state index contributed by atoms with van der Waals surface area (Å²) in [6, 6.07) is 0. The minimum Gasteiger partial charge on any atom is -0.354 e. The lowest BCUT2D eigenvalue weighted by molar-refractivity contribution is -0.385. The predicted molar refractivity (Wildman–Crippen MR) is 79.2 cm³/mol. The van der Waals surface area contributed by atoms with Crippen molar-refractivity contribution < 1.29 is 4.92 Å². The van der Waals surface area contributed by atoms with Crippen LogP contribution in [-0.2, 0) is 0 Å². The van der Waals surface area contributed by atoms with Crippen LogP contribution < -0.4 is 5.32 Å². The van der Waals surface area contributed by atoms with Crippen molar-refractivity contribution in [1.29, 1.82) is 0 Å². The van der Waals surface area contributed by atoms with Crippen molar-refractivity contribution >= 4 is 23.2 Å². The number of nitrogens with one attached hydrogen (secondary N) is 1. The number of nitrogens with zero attached hydrogens (tertiary/aromatic N) is 5. The zero-order chi connectivity index (χ0) is 15.7. The molecule has 9 heteroatoms. The van der Waals surface area contributed by atoms with Crippen molar-refractivity contribution in [3.05, 3.63) is 32.2 Å². The van der Waals surface area contributed by atoms with Crippen molar-refractivity contribution in [3.63, 3.8) is 0 Å². The highest BCUT2D eigenvalue weighted by Crippen LogP contribution is 2.29. The van der Waals surface area contributed by atoms with Crippen LogP contribution in [-0.4, -0.2) is 31.2 Å². The van der Waals surface area contributed by atoms with Gasteiger partial charge in [0.05, 0.1) is 21.3 Å². The van der Waals surface area contributed by atoms with Crippen LogP contribution in [0.15, 0.2) is 0 Å². The van der Waals surface area contributed by atoms with E-state index in [1.165, 1.54) is 4.68 Å². The Morgan fingerprint density at radius 2 is 1.95 bits per heavy atom. The Morgan fingerprint density at radius 1 is 1.29 bits per heavy atom. The Hall–Kier alpha value is -2.22. The molecule has 1 N–H and O–H groups in total. The molecule has 0 spiro atoms. The molecule has 0 aliphatic heterocycles. The molecule has 21 heavy (non-hydrogen) atoms. The van der Waals surface area contributed by atoms with Crippen LogP contribution in [0.3, 0.4) is 0 Å². The number of hydrogen-bond acceptors (Lipinski definition) is 6. The molecule has 0 atom stereocenters. The van der Waals surface area contributed by atoms with Gasteiger partial charge in [0.1, 0.15) is 5.69 Å². The van der Waals surface area contributed by atoms with Gasteiger partial charge in [-0.1, -0.05) is 11.6 Å². The summed E-state index contributed by atoms with van der Waals surface area (Å²) in [5.41, 5.74) is 1.27. The number of nitro groups is 1. The average Bonchev–Trinajstić information content (AvgIpc) is 2.65. The fraction of sp³-hybridized carbons (Fsp3) is 0.417. The lowest BCUT2D eigenvalue weighted by Gasteiger charge is -2.09. The largest absolute Gasteiger partial charge is 0.354 e. The summed E-state index contributed by atoms with van der Waals surface area (Å²) < 4.78 is 1.38. The summed E-state index contributed by atoms with van der Waals surface area (Å²) in [5.74, 6) is 0.426. The van der Waals surface area contributed by atoms with Crippen molar-refractivity contribution in [2.75, 3.05) is 11.9 Å². The first-order valence-corrected chi connectivity index (χ1v) is 6.73. The van der Waals surface area contributed by atoms with Gasteiger partial charge in [0.2, 0.25) is 11.8 Å². The van der Waals surface area contributed by atoms with E-state index in [2.05, 4.69) is 20.4 Å². The molecule has 0 bridgehead atoms. The van der Waals surface area contributed by atoms with Crippen LogP contribution >= 0.6 is 11.6 Å². The van der Waals surface area contributed by atoms with Crippen molar-refractivity contribution in [2.24, 2.45) is 0 Å². The summed E-state index contributed by atoms with van der Waals surface area (Å²) >= 11 is 6.11. The summed E-state index contributed by atoms with van der Waals surface area (Å²) in [7, 11) is 0. The number of aryl methyl sites for hydroxylation is 2. The fourth-order valence-electron chi connectivity index (χ4n) is 1.98. The van der Waals surface area contributed by atoms with Crippen molar-refractivity contribution in [3.8, 4) is 5.82 Å². The van der Waals surface area contributed by atoms with Gasteiger partial charge < -0.3 is 5.32 Å². The molecular formula is C12H15ClN6O2. The van der Waals surface area contributed by atoms with Crippen molar-refractivity contribution in [2.45, 2.75) is 27.7 Å². The average molecular weight is 311 g/mol. The first-order valence-electron chi connectivity index (χ1n) is 6.35. The first-order chi connectivity index (χ1) is 9.86. The van der Waals surface area contributed by atoms with Crippen LogP contribution in [0.4, 0.5) is 11.6 Å². The third-order valence-corrected chi connectivity index (χ3v) is 3.51. The molecule has 2 aromatic rings. The van der Waals surface area contributed by atoms with Crippen LogP contribution in [0.25, 0.3) is 5.82 Å². The molecule has 2 heterocycles. The van der Waals surface area contributed by atoms with E-state index in [1.54, 1.807) is 20.8 Å². The maximum absolute atomic E-state index is 11.3. The summed E-state index contributed by atoms with van der Waals surface area (Å²) in [4.78, 5) is 19.1. The molecule has 112 valence electrons. The Bertz CT molecular complexity index is 712. The second kappa shape index (κ2) is 5.65. The van der Waals surface area contributed by atoms with E-state index in [9.17, 15) is 10.1 Å². The van der Waals surface area contributed by atoms with Gasteiger partial charge in [-0.25, -0.2) is 9.67 Å². The second-order valence-corrected chi connectivity index (χ2v) is 4.87. The number of halogens is 1. The van der Waals surface area contributed by atoms with Crippen LogP contribution in [0.1, 0.15) is 24.0 Å². The molecule has 0 amide bonds. The monoisotopic (exact) mass is 310 g/mol. The summed E-state index contributed by atoms with van der Waals surface area (Å²) in [6.45, 7) is 7.53. The Morgan fingerprint density at radius 3 is 2.43 bits per heavy atom. The molecule has 0 unspecified atom stereocenters. The van der Waals surface area contributed by atoms with Gasteiger partial charge in [0, 0.05) is 6.54 Å². The third kappa shape index (κ3) is 2.66. The highest BCUT2D eigenvalue weighted by Gasteiger charge is 2.26. The van der Waals surface area contributed by atoms with E-state index in [1.807, 2.05) is 6.92 Å². The van der Waals surface area contributed by atoms with Crippen LogP contribution in [0.2, 0.25) is 5.02 Å². The van der Waals surface area contributed by atoms with E-state index in [0.29, 0.717) is 28.9 Å². The van der Waals surface area contributed by atoms with Gasteiger partial charge in [-0.2, -0.15) is 10.1 Å². The lowest BCUT2D eigenvalue weighted by atomic mass is 10.3. The second-order valence-electron chi connectivity index (χ2n) is 4.49. The van der Waals surface area contributed by atoms with Gasteiger partial charge in [-0.05, 0) is 27.7 Å². The number of aromatic nitrogens is 4. The maximum Gasteiger partial charge on any atom is 0.334 e. The first kappa shape index (κ1) is 15.2. The Balaban J connectivity index is 2.75. The molecule has 0 radical (unpaired) electrons. The van der Waals surface area contributed by atoms with E-state index < -0.39 is 4.92 Å². The van der Waals surface area contributed by atoms with Gasteiger partial charge >= 0.3 is 5.69 Å². The molecule has 0 aliphatic carbocycles. The SMILES string of the molecule is CCNc1nc(C)c([N+](=O)[O-])c(-n2nc(C)c(Cl)c2C)n1. The highest BCUT2D eigenvalue weighted by atomic mass is 35.5. The third-order valence-electron chi connectivity index (χ3n) is 2.96. The predicted octanol–water partition coefficient (Wildman–Crippen LogP) is 2.58. The number of hydrogen-bond donors (Lipinski definition) is 1. The molecule has 0 aliphatic rings. The lowest BCUT2D eigenvalue weighted by Crippen LogP contribution is -2.12. The normalized spacial score (nSPS) is 10.7. The van der Waals surface area contributed by atoms with Gasteiger partial charge in [0.15, 0.2) is 0 Å². The van der Waals surface area contributed by atoms with E-state index in [0.717, 1.165) is 0 Å². The maximum atomic E-state index is 11.3.